The van der Waals surface area contributed by atoms with E-state index in [0.717, 1.165) is 13.1 Å². The summed E-state index contributed by atoms with van der Waals surface area (Å²) in [6.07, 6.45) is 7.39. The Kier molecular flexibility index (Phi) is 5.79. The fourth-order valence-electron chi connectivity index (χ4n) is 1.46. The molecule has 86 valence electrons. The number of rotatable bonds is 7. The van der Waals surface area contributed by atoms with Gasteiger partial charge in [-0.2, -0.15) is 16.9 Å². The molecule has 4 heteroatoms. The largest absolute Gasteiger partial charge is 0.309 e. The fourth-order valence-corrected chi connectivity index (χ4v) is 2.21. The summed E-state index contributed by atoms with van der Waals surface area (Å²) >= 11 is 1.90. The lowest BCUT2D eigenvalue weighted by Crippen LogP contribution is -2.29. The highest BCUT2D eigenvalue weighted by atomic mass is 32.2. The van der Waals surface area contributed by atoms with Crippen LogP contribution in [0.25, 0.3) is 0 Å². The maximum absolute atomic E-state index is 4.26. The predicted octanol–water partition coefficient (Wildman–Crippen LogP) is 2.13. The van der Waals surface area contributed by atoms with Crippen LogP contribution in [0.4, 0.5) is 0 Å². The number of aryl methyl sites for hydroxylation is 1. The van der Waals surface area contributed by atoms with E-state index in [1.54, 1.807) is 0 Å². The summed E-state index contributed by atoms with van der Waals surface area (Å²) in [6.45, 7) is 6.21. The second kappa shape index (κ2) is 6.90. The topological polar surface area (TPSA) is 29.9 Å². The van der Waals surface area contributed by atoms with E-state index >= 15 is 0 Å². The van der Waals surface area contributed by atoms with Crippen LogP contribution in [0.1, 0.15) is 25.8 Å². The number of hydrogen-bond donors (Lipinski definition) is 1. The minimum atomic E-state index is 0.616. The van der Waals surface area contributed by atoms with Crippen LogP contribution in [0.2, 0.25) is 0 Å². The van der Waals surface area contributed by atoms with Gasteiger partial charge in [-0.05, 0) is 19.6 Å². The van der Waals surface area contributed by atoms with Crippen molar-refractivity contribution in [2.75, 3.05) is 12.0 Å². The second-order valence-electron chi connectivity index (χ2n) is 3.65. The molecule has 1 N–H and O–H groups in total. The molecule has 0 saturated carbocycles. The molecule has 15 heavy (non-hydrogen) atoms. The van der Waals surface area contributed by atoms with Crippen molar-refractivity contribution >= 4 is 11.8 Å². The Morgan fingerprint density at radius 1 is 1.53 bits per heavy atom. The molecule has 1 aromatic rings. The van der Waals surface area contributed by atoms with E-state index in [1.807, 2.05) is 22.6 Å². The summed E-state index contributed by atoms with van der Waals surface area (Å²) in [7, 11) is 0. The number of hydrogen-bond acceptors (Lipinski definition) is 3. The Hall–Kier alpha value is -0.480. The van der Waals surface area contributed by atoms with Gasteiger partial charge < -0.3 is 5.32 Å². The smallest absolute Gasteiger partial charge is 0.0534 e. The van der Waals surface area contributed by atoms with Gasteiger partial charge in [0.05, 0.1) is 6.20 Å². The molecule has 1 atom stereocenters. The SMILES string of the molecule is CCC(CSC)NCc1cnn(CC)c1. The first-order chi connectivity index (χ1) is 7.30. The van der Waals surface area contributed by atoms with Crippen molar-refractivity contribution in [2.24, 2.45) is 0 Å². The van der Waals surface area contributed by atoms with E-state index in [0.29, 0.717) is 6.04 Å². The second-order valence-corrected chi connectivity index (χ2v) is 4.56. The number of nitrogens with one attached hydrogen (secondary N) is 1. The lowest BCUT2D eigenvalue weighted by atomic mass is 10.2. The molecule has 1 aromatic heterocycles. The maximum Gasteiger partial charge on any atom is 0.0534 e. The van der Waals surface area contributed by atoms with Gasteiger partial charge >= 0.3 is 0 Å². The van der Waals surface area contributed by atoms with Gasteiger partial charge in [-0.3, -0.25) is 4.68 Å². The molecule has 0 saturated heterocycles. The van der Waals surface area contributed by atoms with Crippen LogP contribution in [0, 0.1) is 0 Å². The standard InChI is InChI=1S/C11H21N3S/c1-4-11(9-15-3)12-6-10-7-13-14(5-2)8-10/h7-8,11-12H,4-6,9H2,1-3H3. The zero-order chi connectivity index (χ0) is 11.1. The molecule has 0 aromatic carbocycles. The van der Waals surface area contributed by atoms with Gasteiger partial charge in [0.25, 0.3) is 0 Å². The van der Waals surface area contributed by atoms with Crippen molar-refractivity contribution in [3.8, 4) is 0 Å². The number of aromatic nitrogens is 2. The first-order valence-corrected chi connectivity index (χ1v) is 6.93. The van der Waals surface area contributed by atoms with Crippen LogP contribution in [0.3, 0.4) is 0 Å². The first kappa shape index (κ1) is 12.6. The van der Waals surface area contributed by atoms with Crippen molar-refractivity contribution in [1.29, 1.82) is 0 Å². The summed E-state index contributed by atoms with van der Waals surface area (Å²) in [6, 6.07) is 0.616. The van der Waals surface area contributed by atoms with Crippen LogP contribution in [0.5, 0.6) is 0 Å². The average molecular weight is 227 g/mol. The van der Waals surface area contributed by atoms with Gasteiger partial charge in [0, 0.05) is 36.6 Å². The third-order valence-electron chi connectivity index (χ3n) is 2.47. The first-order valence-electron chi connectivity index (χ1n) is 5.53. The highest BCUT2D eigenvalue weighted by Crippen LogP contribution is 2.03. The molecule has 0 amide bonds. The number of thioether (sulfide) groups is 1. The van der Waals surface area contributed by atoms with E-state index in [-0.39, 0.29) is 0 Å². The van der Waals surface area contributed by atoms with Crippen LogP contribution >= 0.6 is 11.8 Å². The van der Waals surface area contributed by atoms with Gasteiger partial charge in [-0.1, -0.05) is 6.92 Å². The van der Waals surface area contributed by atoms with E-state index in [2.05, 4.69) is 36.7 Å². The van der Waals surface area contributed by atoms with Gasteiger partial charge in [0.1, 0.15) is 0 Å². The van der Waals surface area contributed by atoms with E-state index in [4.69, 9.17) is 0 Å². The summed E-state index contributed by atoms with van der Waals surface area (Å²) in [5, 5.41) is 7.81. The molecular weight excluding hydrogens is 206 g/mol. The Bertz CT molecular complexity index is 273. The summed E-state index contributed by atoms with van der Waals surface area (Å²) < 4.78 is 1.96. The molecule has 0 fully saturated rings. The molecular formula is C11H21N3S. The van der Waals surface area contributed by atoms with Gasteiger partial charge in [0.2, 0.25) is 0 Å². The average Bonchev–Trinajstić information content (AvgIpc) is 2.72. The van der Waals surface area contributed by atoms with E-state index < -0.39 is 0 Å². The Labute approximate surface area is 96.6 Å². The normalized spacial score (nSPS) is 13.0. The zero-order valence-electron chi connectivity index (χ0n) is 9.86. The quantitative estimate of drug-likeness (QED) is 0.774. The lowest BCUT2D eigenvalue weighted by Gasteiger charge is -2.14. The lowest BCUT2D eigenvalue weighted by molar-refractivity contribution is 0.541. The molecule has 0 spiro atoms. The monoisotopic (exact) mass is 227 g/mol. The third-order valence-corrected chi connectivity index (χ3v) is 3.20. The summed E-state index contributed by atoms with van der Waals surface area (Å²) in [4.78, 5) is 0. The van der Waals surface area contributed by atoms with E-state index in [9.17, 15) is 0 Å². The van der Waals surface area contributed by atoms with Crippen LogP contribution < -0.4 is 5.32 Å². The van der Waals surface area contributed by atoms with Gasteiger partial charge in [-0.15, -0.1) is 0 Å². The Morgan fingerprint density at radius 2 is 2.33 bits per heavy atom. The molecule has 0 bridgehead atoms. The van der Waals surface area contributed by atoms with Crippen LogP contribution in [-0.4, -0.2) is 27.8 Å². The Balaban J connectivity index is 2.34. The fraction of sp³-hybridized carbons (Fsp3) is 0.727. The minimum absolute atomic E-state index is 0.616. The highest BCUT2D eigenvalue weighted by molar-refractivity contribution is 7.98. The van der Waals surface area contributed by atoms with Crippen molar-refractivity contribution in [1.82, 2.24) is 15.1 Å². The highest BCUT2D eigenvalue weighted by Gasteiger charge is 2.05. The van der Waals surface area contributed by atoms with Gasteiger partial charge in [0.15, 0.2) is 0 Å². The molecule has 0 radical (unpaired) electrons. The molecule has 1 unspecified atom stereocenters. The third kappa shape index (κ3) is 4.26. The molecule has 0 aliphatic rings. The zero-order valence-corrected chi connectivity index (χ0v) is 10.7. The Morgan fingerprint density at radius 3 is 2.87 bits per heavy atom. The molecule has 1 heterocycles. The maximum atomic E-state index is 4.26. The molecule has 3 nitrogen and oxygen atoms in total. The van der Waals surface area contributed by atoms with Crippen molar-refractivity contribution in [2.45, 2.75) is 39.4 Å². The predicted molar refractivity (Wildman–Crippen MR) is 67.2 cm³/mol. The molecule has 0 aliphatic heterocycles. The van der Waals surface area contributed by atoms with Crippen molar-refractivity contribution < 1.29 is 0 Å². The summed E-state index contributed by atoms with van der Waals surface area (Å²) in [5.74, 6) is 1.18. The number of nitrogens with zero attached hydrogens (tertiary/aromatic N) is 2. The van der Waals surface area contributed by atoms with Crippen molar-refractivity contribution in [3.05, 3.63) is 18.0 Å². The molecule has 1 rings (SSSR count). The van der Waals surface area contributed by atoms with E-state index in [1.165, 1.54) is 17.7 Å². The summed E-state index contributed by atoms with van der Waals surface area (Å²) in [5.41, 5.74) is 1.27. The van der Waals surface area contributed by atoms with Crippen molar-refractivity contribution in [3.63, 3.8) is 0 Å². The van der Waals surface area contributed by atoms with Crippen LogP contribution in [0.15, 0.2) is 12.4 Å². The van der Waals surface area contributed by atoms with Gasteiger partial charge in [-0.25, -0.2) is 0 Å². The molecule has 0 aliphatic carbocycles. The van der Waals surface area contributed by atoms with Crippen LogP contribution in [-0.2, 0) is 13.1 Å². The minimum Gasteiger partial charge on any atom is -0.309 e.